The summed E-state index contributed by atoms with van der Waals surface area (Å²) in [6, 6.07) is 0. The van der Waals surface area contributed by atoms with Crippen molar-refractivity contribution in [2.24, 2.45) is 0 Å². The Labute approximate surface area is 96.7 Å². The lowest BCUT2D eigenvalue weighted by Gasteiger charge is -2.02. The molecule has 0 aliphatic heterocycles. The molecule has 0 aliphatic carbocycles. The minimum Gasteiger partial charge on any atom is -0.336 e. The average molecular weight is 266 g/mol. The summed E-state index contributed by atoms with van der Waals surface area (Å²) in [6.07, 6.45) is -1.30. The van der Waals surface area contributed by atoms with Gasteiger partial charge in [0.25, 0.3) is 0 Å². The number of hydrogen-bond acceptors (Lipinski definition) is 4. The summed E-state index contributed by atoms with van der Waals surface area (Å²) in [5.41, 5.74) is 1.72. The number of H-pyrrole nitrogens is 1. The van der Waals surface area contributed by atoms with Gasteiger partial charge in [-0.1, -0.05) is 0 Å². The van der Waals surface area contributed by atoms with E-state index in [1.807, 2.05) is 0 Å². The van der Waals surface area contributed by atoms with Crippen molar-refractivity contribution in [2.75, 3.05) is 5.43 Å². The second-order valence-corrected chi connectivity index (χ2v) is 4.03. The Morgan fingerprint density at radius 1 is 1.50 bits per heavy atom. The van der Waals surface area contributed by atoms with Crippen LogP contribution in [0.25, 0.3) is 0 Å². The van der Waals surface area contributed by atoms with Gasteiger partial charge in [-0.3, -0.25) is 5.43 Å². The number of thiazole rings is 1. The number of rotatable bonds is 2. The Balaban J connectivity index is 2.21. The maximum atomic E-state index is 12.2. The smallest absolute Gasteiger partial charge is 0.336 e. The van der Waals surface area contributed by atoms with Crippen LogP contribution in [0.5, 0.6) is 0 Å². The Kier molecular flexibility index (Phi) is 2.72. The van der Waals surface area contributed by atoms with Crippen LogP contribution < -0.4 is 5.43 Å². The maximum Gasteiger partial charge on any atom is 0.434 e. The molecule has 0 aromatic carbocycles. The predicted molar refractivity (Wildman–Crippen MR) is 55.8 cm³/mol. The van der Waals surface area contributed by atoms with Gasteiger partial charge in [0, 0.05) is 17.8 Å². The zero-order chi connectivity index (χ0) is 11.8. The molecule has 2 N–H and O–H groups in total. The molecule has 2 heterocycles. The second-order valence-electron chi connectivity index (χ2n) is 2.78. The lowest BCUT2D eigenvalue weighted by Crippen LogP contribution is -2.09. The van der Waals surface area contributed by atoms with Crippen molar-refractivity contribution in [3.8, 4) is 0 Å². The third-order valence-electron chi connectivity index (χ3n) is 1.66. The molecule has 0 aliphatic rings. The number of aromatic amines is 1. The fourth-order valence-electron chi connectivity index (χ4n) is 0.967. The topological polar surface area (TPSA) is 45.6 Å². The maximum absolute atomic E-state index is 12.2. The zero-order valence-corrected chi connectivity index (χ0v) is 9.21. The molecule has 16 heavy (non-hydrogen) atoms. The molecule has 0 atom stereocenters. The fourth-order valence-corrected chi connectivity index (χ4v) is 1.85. The number of imidazole rings is 1. The van der Waals surface area contributed by atoms with Gasteiger partial charge in [0.05, 0.1) is 0 Å². The van der Waals surface area contributed by atoms with Gasteiger partial charge in [0.1, 0.15) is 0 Å². The molecule has 0 saturated heterocycles. The van der Waals surface area contributed by atoms with E-state index in [1.54, 1.807) is 12.4 Å². The lowest BCUT2D eigenvalue weighted by atomic mass is 10.5. The normalized spacial score (nSPS) is 11.7. The number of alkyl halides is 3. The van der Waals surface area contributed by atoms with E-state index in [9.17, 15) is 13.2 Å². The molecule has 0 unspecified atom stereocenters. The van der Waals surface area contributed by atoms with Gasteiger partial charge in [-0.15, -0.1) is 11.3 Å². The molecule has 9 heteroatoms. The first-order valence-electron chi connectivity index (χ1n) is 4.02. The highest BCUT2D eigenvalue weighted by atomic mass is 32.1. The van der Waals surface area contributed by atoms with E-state index in [-0.39, 0.29) is 5.13 Å². The summed E-state index contributed by atoms with van der Waals surface area (Å²) in [5, 5.41) is 1.07. The summed E-state index contributed by atoms with van der Waals surface area (Å²) in [6.45, 7) is 0. The number of anilines is 1. The number of halogens is 3. The van der Waals surface area contributed by atoms with Crippen LogP contribution in [0.3, 0.4) is 0 Å². The van der Waals surface area contributed by atoms with E-state index in [1.165, 1.54) is 4.68 Å². The third-order valence-corrected chi connectivity index (χ3v) is 2.72. The van der Waals surface area contributed by atoms with Crippen LogP contribution in [0.15, 0.2) is 17.8 Å². The van der Waals surface area contributed by atoms with Gasteiger partial charge in [-0.2, -0.15) is 13.2 Å². The number of aromatic nitrogens is 3. The Hall–Kier alpha value is -1.35. The standard InChI is InChI=1S/C7H5F3N4S2/c8-7(9,10)4-3-16-5(12-4)13-14-2-1-11-6(14)15/h1-3H,(H,11,15)(H,12,13). The minimum absolute atomic E-state index is 0.128. The Morgan fingerprint density at radius 3 is 2.75 bits per heavy atom. The van der Waals surface area contributed by atoms with E-state index in [4.69, 9.17) is 12.2 Å². The number of nitrogens with one attached hydrogen (secondary N) is 2. The van der Waals surface area contributed by atoms with Crippen LogP contribution in [0.4, 0.5) is 18.3 Å². The van der Waals surface area contributed by atoms with Crippen LogP contribution in [-0.4, -0.2) is 14.6 Å². The van der Waals surface area contributed by atoms with E-state index < -0.39 is 11.9 Å². The van der Waals surface area contributed by atoms with Crippen molar-refractivity contribution in [2.45, 2.75) is 6.18 Å². The molecule has 0 amide bonds. The van der Waals surface area contributed by atoms with E-state index >= 15 is 0 Å². The first kappa shape index (κ1) is 11.1. The molecule has 4 nitrogen and oxygen atoms in total. The molecule has 0 bridgehead atoms. The molecule has 2 rings (SSSR count). The van der Waals surface area contributed by atoms with E-state index in [0.29, 0.717) is 4.77 Å². The van der Waals surface area contributed by atoms with Crippen molar-refractivity contribution in [1.82, 2.24) is 14.6 Å². The van der Waals surface area contributed by atoms with Gasteiger partial charge in [0.2, 0.25) is 5.13 Å². The van der Waals surface area contributed by atoms with E-state index in [2.05, 4.69) is 15.4 Å². The highest BCUT2D eigenvalue weighted by Crippen LogP contribution is 2.31. The quantitative estimate of drug-likeness (QED) is 0.821. The van der Waals surface area contributed by atoms with E-state index in [0.717, 1.165) is 16.7 Å². The first-order chi connectivity index (χ1) is 7.47. The van der Waals surface area contributed by atoms with Crippen LogP contribution in [0.2, 0.25) is 0 Å². The highest BCUT2D eigenvalue weighted by Gasteiger charge is 2.33. The average Bonchev–Trinajstić information content (AvgIpc) is 2.76. The van der Waals surface area contributed by atoms with Crippen molar-refractivity contribution in [1.29, 1.82) is 0 Å². The minimum atomic E-state index is -4.42. The van der Waals surface area contributed by atoms with Crippen molar-refractivity contribution >= 4 is 28.7 Å². The fraction of sp³-hybridized carbons (Fsp3) is 0.143. The predicted octanol–water partition coefficient (Wildman–Crippen LogP) is 2.90. The molecule has 0 radical (unpaired) electrons. The SMILES string of the molecule is FC(F)(F)c1csc(Nn2cc[nH]c2=S)n1. The molecule has 0 fully saturated rings. The molecular formula is C7H5F3N4S2. The summed E-state index contributed by atoms with van der Waals surface area (Å²) in [4.78, 5) is 6.09. The summed E-state index contributed by atoms with van der Waals surface area (Å²) < 4.78 is 38.4. The van der Waals surface area contributed by atoms with Crippen LogP contribution >= 0.6 is 23.6 Å². The first-order valence-corrected chi connectivity index (χ1v) is 5.31. The summed E-state index contributed by atoms with van der Waals surface area (Å²) in [7, 11) is 0. The van der Waals surface area contributed by atoms with Crippen LogP contribution in [-0.2, 0) is 6.18 Å². The number of hydrogen-bond donors (Lipinski definition) is 2. The third kappa shape index (κ3) is 2.25. The second kappa shape index (κ2) is 3.91. The van der Waals surface area contributed by atoms with Gasteiger partial charge in [0.15, 0.2) is 10.5 Å². The molecular weight excluding hydrogens is 261 g/mol. The van der Waals surface area contributed by atoms with Crippen molar-refractivity contribution < 1.29 is 13.2 Å². The number of nitrogens with zero attached hydrogens (tertiary/aromatic N) is 2. The molecule has 86 valence electrons. The van der Waals surface area contributed by atoms with Gasteiger partial charge >= 0.3 is 6.18 Å². The lowest BCUT2D eigenvalue weighted by molar-refractivity contribution is -0.140. The van der Waals surface area contributed by atoms with Crippen LogP contribution in [0.1, 0.15) is 5.69 Å². The monoisotopic (exact) mass is 266 g/mol. The van der Waals surface area contributed by atoms with Gasteiger partial charge < -0.3 is 4.98 Å². The summed E-state index contributed by atoms with van der Waals surface area (Å²) in [5.74, 6) is 0. The Bertz CT molecular complexity index is 538. The van der Waals surface area contributed by atoms with Crippen LogP contribution in [0, 0.1) is 4.77 Å². The van der Waals surface area contributed by atoms with Gasteiger partial charge in [-0.05, 0) is 12.2 Å². The molecule has 0 saturated carbocycles. The molecule has 2 aromatic heterocycles. The largest absolute Gasteiger partial charge is 0.434 e. The van der Waals surface area contributed by atoms with Gasteiger partial charge in [-0.25, -0.2) is 9.66 Å². The Morgan fingerprint density at radius 2 is 2.25 bits per heavy atom. The van der Waals surface area contributed by atoms with Crippen molar-refractivity contribution in [3.05, 3.63) is 28.2 Å². The summed E-state index contributed by atoms with van der Waals surface area (Å²) >= 11 is 5.72. The van der Waals surface area contributed by atoms with Crippen molar-refractivity contribution in [3.63, 3.8) is 0 Å². The zero-order valence-electron chi connectivity index (χ0n) is 7.58. The molecule has 2 aromatic rings. The highest BCUT2D eigenvalue weighted by molar-refractivity contribution is 7.71. The molecule has 0 spiro atoms.